The minimum absolute atomic E-state index is 0.0731. The van der Waals surface area contributed by atoms with E-state index in [1.165, 1.54) is 11.3 Å². The Hall–Kier alpha value is -2.64. The number of nitrogens with zero attached hydrogens (tertiary/aromatic N) is 1. The fourth-order valence-electron chi connectivity index (χ4n) is 3.81. The first-order chi connectivity index (χ1) is 14.1. The minimum atomic E-state index is -0.105. The van der Waals surface area contributed by atoms with Gasteiger partial charge in [0.05, 0.1) is 11.5 Å². The zero-order valence-electron chi connectivity index (χ0n) is 16.4. The normalized spacial score (nSPS) is 16.9. The Morgan fingerprint density at radius 3 is 2.97 bits per heavy atom. The highest BCUT2D eigenvalue weighted by Gasteiger charge is 2.26. The van der Waals surface area contributed by atoms with E-state index in [2.05, 4.69) is 10.3 Å². The Kier molecular flexibility index (Phi) is 5.97. The zero-order chi connectivity index (χ0) is 20.2. The van der Waals surface area contributed by atoms with Gasteiger partial charge in [0.25, 0.3) is 11.8 Å². The molecule has 6 nitrogen and oxygen atoms in total. The molecular formula is C22H25N3O3S. The van der Waals surface area contributed by atoms with Crippen LogP contribution in [0, 0.1) is 5.92 Å². The molecule has 0 radical (unpaired) electrons. The van der Waals surface area contributed by atoms with Gasteiger partial charge in [0.1, 0.15) is 5.69 Å². The molecule has 152 valence electrons. The van der Waals surface area contributed by atoms with Crippen LogP contribution < -0.4 is 5.32 Å². The molecule has 2 aromatic heterocycles. The van der Waals surface area contributed by atoms with Gasteiger partial charge in [0.15, 0.2) is 0 Å². The molecule has 1 aliphatic heterocycles. The summed E-state index contributed by atoms with van der Waals surface area (Å²) in [4.78, 5) is 32.2. The molecule has 0 spiro atoms. The third-order valence-electron chi connectivity index (χ3n) is 5.29. The largest absolute Gasteiger partial charge is 0.379 e. The van der Waals surface area contributed by atoms with E-state index in [-0.39, 0.29) is 17.7 Å². The highest BCUT2D eigenvalue weighted by atomic mass is 32.1. The number of ether oxygens (including phenoxy) is 1. The summed E-state index contributed by atoms with van der Waals surface area (Å²) in [5.41, 5.74) is 1.52. The summed E-state index contributed by atoms with van der Waals surface area (Å²) < 4.78 is 5.14. The van der Waals surface area contributed by atoms with E-state index in [1.807, 2.05) is 47.4 Å². The number of likely N-dealkylation sites (tertiary alicyclic amines) is 1. The summed E-state index contributed by atoms with van der Waals surface area (Å²) in [7, 11) is 1.65. The third kappa shape index (κ3) is 4.52. The Labute approximate surface area is 173 Å². The minimum Gasteiger partial charge on any atom is -0.379 e. The lowest BCUT2D eigenvalue weighted by Crippen LogP contribution is -2.43. The first-order valence-electron chi connectivity index (χ1n) is 9.87. The predicted octanol–water partition coefficient (Wildman–Crippen LogP) is 3.66. The molecule has 1 aromatic carbocycles. The molecule has 1 unspecified atom stereocenters. The molecule has 29 heavy (non-hydrogen) atoms. The third-order valence-corrected chi connectivity index (χ3v) is 6.34. The van der Waals surface area contributed by atoms with Gasteiger partial charge >= 0.3 is 0 Å². The molecule has 2 N–H and O–H groups in total. The summed E-state index contributed by atoms with van der Waals surface area (Å²) >= 11 is 1.49. The number of rotatable bonds is 6. The van der Waals surface area contributed by atoms with Gasteiger partial charge in [-0.25, -0.2) is 0 Å². The lowest BCUT2D eigenvalue weighted by Gasteiger charge is -2.32. The van der Waals surface area contributed by atoms with Crippen LogP contribution in [0.25, 0.3) is 10.9 Å². The second-order valence-electron chi connectivity index (χ2n) is 7.44. The van der Waals surface area contributed by atoms with E-state index in [4.69, 9.17) is 4.74 Å². The summed E-state index contributed by atoms with van der Waals surface area (Å²) in [5.74, 6) is 0.232. The van der Waals surface area contributed by atoms with Crippen molar-refractivity contribution >= 4 is 34.1 Å². The first kappa shape index (κ1) is 19.7. The number of aromatic amines is 1. The van der Waals surface area contributed by atoms with Crippen LogP contribution in [-0.2, 0) is 11.3 Å². The Bertz CT molecular complexity index is 977. The van der Waals surface area contributed by atoms with Gasteiger partial charge in [-0.1, -0.05) is 18.2 Å². The molecule has 0 saturated carbocycles. The molecule has 1 saturated heterocycles. The maximum Gasteiger partial charge on any atom is 0.267 e. The van der Waals surface area contributed by atoms with E-state index < -0.39 is 0 Å². The predicted molar refractivity (Wildman–Crippen MR) is 114 cm³/mol. The molecule has 3 aromatic rings. The molecular weight excluding hydrogens is 386 g/mol. The highest BCUT2D eigenvalue weighted by molar-refractivity contribution is 7.14. The van der Waals surface area contributed by atoms with Crippen molar-refractivity contribution in [3.8, 4) is 0 Å². The van der Waals surface area contributed by atoms with Gasteiger partial charge in [0.2, 0.25) is 0 Å². The number of piperidine rings is 1. The fourth-order valence-corrected chi connectivity index (χ4v) is 4.76. The van der Waals surface area contributed by atoms with Crippen molar-refractivity contribution in [3.05, 3.63) is 57.9 Å². The average molecular weight is 412 g/mol. The fraction of sp³-hybridized carbons (Fsp3) is 0.364. The molecule has 0 bridgehead atoms. The average Bonchev–Trinajstić information content (AvgIpc) is 3.39. The van der Waals surface area contributed by atoms with Gasteiger partial charge in [-0.05, 0) is 43.0 Å². The first-order valence-corrected chi connectivity index (χ1v) is 10.7. The van der Waals surface area contributed by atoms with Crippen LogP contribution in [0.1, 0.15) is 37.9 Å². The van der Waals surface area contributed by atoms with Gasteiger partial charge < -0.3 is 19.9 Å². The van der Waals surface area contributed by atoms with E-state index in [0.29, 0.717) is 25.4 Å². The van der Waals surface area contributed by atoms with Crippen molar-refractivity contribution in [3.63, 3.8) is 0 Å². The molecule has 1 aliphatic rings. The lowest BCUT2D eigenvalue weighted by atomic mass is 9.97. The smallest absolute Gasteiger partial charge is 0.267 e. The van der Waals surface area contributed by atoms with Gasteiger partial charge in [-0.3, -0.25) is 9.59 Å². The Balaban J connectivity index is 1.33. The van der Waals surface area contributed by atoms with Crippen LogP contribution in [0.4, 0.5) is 0 Å². The molecule has 7 heteroatoms. The number of hydrogen-bond acceptors (Lipinski definition) is 4. The van der Waals surface area contributed by atoms with Crippen LogP contribution in [-0.4, -0.2) is 48.4 Å². The van der Waals surface area contributed by atoms with E-state index in [9.17, 15) is 9.59 Å². The number of H-pyrrole nitrogens is 1. The summed E-state index contributed by atoms with van der Waals surface area (Å²) in [6, 6.07) is 13.5. The van der Waals surface area contributed by atoms with Crippen LogP contribution in [0.3, 0.4) is 0 Å². The van der Waals surface area contributed by atoms with E-state index in [1.54, 1.807) is 7.11 Å². The molecule has 4 rings (SSSR count). The zero-order valence-corrected chi connectivity index (χ0v) is 17.3. The number of amides is 2. The van der Waals surface area contributed by atoms with Crippen LogP contribution in [0.5, 0.6) is 0 Å². The van der Waals surface area contributed by atoms with Gasteiger partial charge in [0, 0.05) is 42.5 Å². The number of hydrogen-bond donors (Lipinski definition) is 2. The lowest BCUT2D eigenvalue weighted by molar-refractivity contribution is 0.0675. The van der Waals surface area contributed by atoms with Crippen molar-refractivity contribution in [1.82, 2.24) is 15.2 Å². The standard InChI is InChI=1S/C22H25N3O3S/c1-28-14-17-8-9-20(29-17)22(27)25-10-4-5-15(13-25)12-23-21(26)19-11-16-6-2-3-7-18(16)24-19/h2-3,6-9,11,15,24H,4-5,10,12-14H2,1H3,(H,23,26). The number of carbonyl (C=O) groups is 2. The summed E-state index contributed by atoms with van der Waals surface area (Å²) in [5, 5.41) is 4.05. The van der Waals surface area contributed by atoms with E-state index >= 15 is 0 Å². The van der Waals surface area contributed by atoms with Crippen molar-refractivity contribution in [2.24, 2.45) is 5.92 Å². The van der Waals surface area contributed by atoms with Crippen LogP contribution >= 0.6 is 11.3 Å². The Morgan fingerprint density at radius 2 is 2.14 bits per heavy atom. The monoisotopic (exact) mass is 411 g/mol. The number of carbonyl (C=O) groups excluding carboxylic acids is 2. The van der Waals surface area contributed by atoms with E-state index in [0.717, 1.165) is 40.0 Å². The molecule has 3 heterocycles. The highest BCUT2D eigenvalue weighted by Crippen LogP contribution is 2.23. The molecule has 1 atom stereocenters. The van der Waals surface area contributed by atoms with Crippen LogP contribution in [0.15, 0.2) is 42.5 Å². The number of aromatic nitrogens is 1. The summed E-state index contributed by atoms with van der Waals surface area (Å²) in [6.07, 6.45) is 1.96. The van der Waals surface area contributed by atoms with Gasteiger partial charge in [-0.2, -0.15) is 0 Å². The number of para-hydroxylation sites is 1. The number of fused-ring (bicyclic) bond motifs is 1. The second-order valence-corrected chi connectivity index (χ2v) is 8.61. The molecule has 1 fully saturated rings. The maximum absolute atomic E-state index is 12.8. The SMILES string of the molecule is COCc1ccc(C(=O)N2CCCC(CNC(=O)c3cc4ccccc4[nH]3)C2)s1. The van der Waals surface area contributed by atoms with Crippen molar-refractivity contribution in [2.75, 3.05) is 26.7 Å². The van der Waals surface area contributed by atoms with Crippen molar-refractivity contribution < 1.29 is 14.3 Å². The number of benzene rings is 1. The number of thiophene rings is 1. The van der Waals surface area contributed by atoms with Crippen molar-refractivity contribution in [1.29, 1.82) is 0 Å². The second kappa shape index (κ2) is 8.80. The Morgan fingerprint density at radius 1 is 1.28 bits per heavy atom. The van der Waals surface area contributed by atoms with Gasteiger partial charge in [-0.15, -0.1) is 11.3 Å². The summed E-state index contributed by atoms with van der Waals surface area (Å²) in [6.45, 7) is 2.53. The maximum atomic E-state index is 12.8. The number of methoxy groups -OCH3 is 1. The van der Waals surface area contributed by atoms with Crippen LogP contribution in [0.2, 0.25) is 0 Å². The quantitative estimate of drug-likeness (QED) is 0.650. The van der Waals surface area contributed by atoms with Crippen molar-refractivity contribution in [2.45, 2.75) is 19.4 Å². The number of nitrogens with one attached hydrogen (secondary N) is 2. The topological polar surface area (TPSA) is 74.4 Å². The molecule has 0 aliphatic carbocycles. The molecule has 2 amide bonds.